The Bertz CT molecular complexity index is 367. The van der Waals surface area contributed by atoms with Crippen LogP contribution in [0.15, 0.2) is 30.3 Å². The third kappa shape index (κ3) is 4.47. The number of benzene rings is 1. The van der Waals surface area contributed by atoms with Gasteiger partial charge in [-0.15, -0.1) is 0 Å². The van der Waals surface area contributed by atoms with Crippen LogP contribution in [0.5, 0.6) is 0 Å². The van der Waals surface area contributed by atoms with Crippen molar-refractivity contribution in [3.05, 3.63) is 35.9 Å². The molecule has 0 aliphatic heterocycles. The van der Waals surface area contributed by atoms with Crippen LogP contribution < -0.4 is 11.1 Å². The molecular formula is C14H23N3O. The Balaban J connectivity index is 2.45. The van der Waals surface area contributed by atoms with Gasteiger partial charge in [0.15, 0.2) is 0 Å². The number of carbonyl (C=O) groups is 1. The number of nitrogens with two attached hydrogens (primary N) is 1. The highest BCUT2D eigenvalue weighted by atomic mass is 16.1. The third-order valence-corrected chi connectivity index (χ3v) is 3.02. The lowest BCUT2D eigenvalue weighted by Crippen LogP contribution is -2.37. The number of carbonyl (C=O) groups excluding carboxylic acids is 1. The summed E-state index contributed by atoms with van der Waals surface area (Å²) in [7, 11) is 3.65. The lowest BCUT2D eigenvalue weighted by molar-refractivity contribution is -0.124. The smallest absolute Gasteiger partial charge is 0.223 e. The summed E-state index contributed by atoms with van der Waals surface area (Å²) < 4.78 is 0. The molecule has 0 saturated heterocycles. The van der Waals surface area contributed by atoms with E-state index in [0.717, 1.165) is 12.1 Å². The van der Waals surface area contributed by atoms with E-state index in [-0.39, 0.29) is 17.9 Å². The Hall–Kier alpha value is -1.39. The van der Waals surface area contributed by atoms with Gasteiger partial charge < -0.3 is 16.0 Å². The van der Waals surface area contributed by atoms with Gasteiger partial charge >= 0.3 is 0 Å². The quantitative estimate of drug-likeness (QED) is 0.791. The van der Waals surface area contributed by atoms with E-state index in [2.05, 4.69) is 10.2 Å². The van der Waals surface area contributed by atoms with E-state index in [4.69, 9.17) is 5.73 Å². The number of nitrogens with one attached hydrogen (secondary N) is 1. The van der Waals surface area contributed by atoms with Gasteiger partial charge in [-0.05, 0) is 12.6 Å². The van der Waals surface area contributed by atoms with Crippen LogP contribution >= 0.6 is 0 Å². The fourth-order valence-corrected chi connectivity index (χ4v) is 2.01. The summed E-state index contributed by atoms with van der Waals surface area (Å²) in [4.78, 5) is 13.5. The Labute approximate surface area is 109 Å². The summed E-state index contributed by atoms with van der Waals surface area (Å²) in [6, 6.07) is 9.99. The topological polar surface area (TPSA) is 58.4 Å². The molecule has 0 heterocycles. The first kappa shape index (κ1) is 14.7. The zero-order valence-corrected chi connectivity index (χ0v) is 11.4. The minimum absolute atomic E-state index is 0.0203. The molecule has 1 rings (SSSR count). The van der Waals surface area contributed by atoms with Crippen LogP contribution in [0.1, 0.15) is 18.5 Å². The molecule has 1 aromatic carbocycles. The SMILES string of the molecule is CNC(=O)C(C)CN(C)CC(N)c1ccccc1. The summed E-state index contributed by atoms with van der Waals surface area (Å²) in [5, 5.41) is 2.66. The van der Waals surface area contributed by atoms with Gasteiger partial charge in [0.1, 0.15) is 0 Å². The summed E-state index contributed by atoms with van der Waals surface area (Å²) >= 11 is 0. The predicted molar refractivity (Wildman–Crippen MR) is 74.1 cm³/mol. The van der Waals surface area contributed by atoms with Gasteiger partial charge in [-0.3, -0.25) is 4.79 Å². The molecule has 100 valence electrons. The lowest BCUT2D eigenvalue weighted by atomic mass is 10.1. The summed E-state index contributed by atoms with van der Waals surface area (Å²) in [5.74, 6) is 0.0399. The molecule has 0 spiro atoms. The minimum Gasteiger partial charge on any atom is -0.359 e. The van der Waals surface area contributed by atoms with Crippen LogP contribution in [0.25, 0.3) is 0 Å². The van der Waals surface area contributed by atoms with Crippen LogP contribution in [0.2, 0.25) is 0 Å². The highest BCUT2D eigenvalue weighted by Gasteiger charge is 2.15. The van der Waals surface area contributed by atoms with Crippen LogP contribution in [-0.4, -0.2) is 38.0 Å². The first-order valence-electron chi connectivity index (χ1n) is 6.25. The molecule has 1 aromatic rings. The lowest BCUT2D eigenvalue weighted by Gasteiger charge is -2.24. The second-order valence-electron chi connectivity index (χ2n) is 4.75. The molecule has 4 heteroatoms. The number of nitrogens with zero attached hydrogens (tertiary/aromatic N) is 1. The second-order valence-corrected chi connectivity index (χ2v) is 4.75. The number of amides is 1. The molecule has 0 fully saturated rings. The third-order valence-electron chi connectivity index (χ3n) is 3.02. The van der Waals surface area contributed by atoms with Crippen molar-refractivity contribution in [3.8, 4) is 0 Å². The number of hydrogen-bond donors (Lipinski definition) is 2. The predicted octanol–water partition coefficient (Wildman–Crippen LogP) is 1.00. The fraction of sp³-hybridized carbons (Fsp3) is 0.500. The van der Waals surface area contributed by atoms with E-state index in [1.807, 2.05) is 44.3 Å². The highest BCUT2D eigenvalue weighted by molar-refractivity contribution is 5.78. The van der Waals surface area contributed by atoms with Crippen molar-refractivity contribution in [1.82, 2.24) is 10.2 Å². The molecule has 18 heavy (non-hydrogen) atoms. The van der Waals surface area contributed by atoms with E-state index < -0.39 is 0 Å². The first-order chi connectivity index (χ1) is 8.54. The number of rotatable bonds is 6. The second kappa shape index (κ2) is 7.13. The molecule has 0 aliphatic carbocycles. The van der Waals surface area contributed by atoms with Crippen LogP contribution in [0.4, 0.5) is 0 Å². The Morgan fingerprint density at radius 3 is 2.50 bits per heavy atom. The molecule has 0 aromatic heterocycles. The molecule has 2 unspecified atom stereocenters. The summed E-state index contributed by atoms with van der Waals surface area (Å²) in [6.07, 6.45) is 0. The van der Waals surface area contributed by atoms with Crippen molar-refractivity contribution in [2.45, 2.75) is 13.0 Å². The summed E-state index contributed by atoms with van der Waals surface area (Å²) in [6.45, 7) is 3.37. The largest absolute Gasteiger partial charge is 0.359 e. The molecule has 0 radical (unpaired) electrons. The molecule has 1 amide bonds. The molecule has 0 saturated carbocycles. The van der Waals surface area contributed by atoms with Gasteiger partial charge in [0.05, 0.1) is 0 Å². The molecule has 3 N–H and O–H groups in total. The van der Waals surface area contributed by atoms with Crippen LogP contribution in [0, 0.1) is 5.92 Å². The van der Waals surface area contributed by atoms with Crippen LogP contribution in [-0.2, 0) is 4.79 Å². The average Bonchev–Trinajstić information content (AvgIpc) is 2.38. The molecular weight excluding hydrogens is 226 g/mol. The summed E-state index contributed by atoms with van der Waals surface area (Å²) in [5.41, 5.74) is 7.26. The minimum atomic E-state index is -0.0250. The van der Waals surface area contributed by atoms with Crippen molar-refractivity contribution in [1.29, 1.82) is 0 Å². The zero-order chi connectivity index (χ0) is 13.5. The Morgan fingerprint density at radius 2 is 1.94 bits per heavy atom. The van der Waals surface area contributed by atoms with Gasteiger partial charge in [-0.2, -0.15) is 0 Å². The maximum absolute atomic E-state index is 11.4. The highest BCUT2D eigenvalue weighted by Crippen LogP contribution is 2.11. The molecule has 4 nitrogen and oxygen atoms in total. The standard InChI is InChI=1S/C14H23N3O/c1-11(14(18)16-2)9-17(3)10-13(15)12-7-5-4-6-8-12/h4-8,11,13H,9-10,15H2,1-3H3,(H,16,18). The Morgan fingerprint density at radius 1 is 1.33 bits per heavy atom. The first-order valence-corrected chi connectivity index (χ1v) is 6.25. The van der Waals surface area contributed by atoms with Gasteiger partial charge in [-0.25, -0.2) is 0 Å². The van der Waals surface area contributed by atoms with Crippen molar-refractivity contribution >= 4 is 5.91 Å². The fourth-order valence-electron chi connectivity index (χ4n) is 2.01. The molecule has 2 atom stereocenters. The number of likely N-dealkylation sites (N-methyl/N-ethyl adjacent to an activating group) is 1. The number of hydrogen-bond acceptors (Lipinski definition) is 3. The van der Waals surface area contributed by atoms with Gasteiger partial charge in [0.2, 0.25) is 5.91 Å². The van der Waals surface area contributed by atoms with Gasteiger partial charge in [0.25, 0.3) is 0 Å². The molecule has 0 bridgehead atoms. The van der Waals surface area contributed by atoms with E-state index in [0.29, 0.717) is 6.54 Å². The van der Waals surface area contributed by atoms with Crippen molar-refractivity contribution in [2.75, 3.05) is 27.2 Å². The zero-order valence-electron chi connectivity index (χ0n) is 11.4. The average molecular weight is 249 g/mol. The van der Waals surface area contributed by atoms with Gasteiger partial charge in [-0.1, -0.05) is 37.3 Å². The van der Waals surface area contributed by atoms with Crippen molar-refractivity contribution in [2.24, 2.45) is 11.7 Å². The van der Waals surface area contributed by atoms with E-state index >= 15 is 0 Å². The Kier molecular flexibility index (Phi) is 5.82. The van der Waals surface area contributed by atoms with E-state index in [1.165, 1.54) is 0 Å². The van der Waals surface area contributed by atoms with E-state index in [9.17, 15) is 4.79 Å². The monoisotopic (exact) mass is 249 g/mol. The van der Waals surface area contributed by atoms with Crippen molar-refractivity contribution in [3.63, 3.8) is 0 Å². The van der Waals surface area contributed by atoms with E-state index in [1.54, 1.807) is 7.05 Å². The van der Waals surface area contributed by atoms with Crippen molar-refractivity contribution < 1.29 is 4.79 Å². The normalized spacial score (nSPS) is 14.3. The van der Waals surface area contributed by atoms with Gasteiger partial charge in [0, 0.05) is 32.1 Å². The maximum Gasteiger partial charge on any atom is 0.223 e. The van der Waals surface area contributed by atoms with Crippen LogP contribution in [0.3, 0.4) is 0 Å². The molecule has 0 aliphatic rings. The maximum atomic E-state index is 11.4.